The molecule has 2 atom stereocenters. The molecule has 0 saturated carbocycles. The molecule has 2 unspecified atom stereocenters. The molecule has 6 heteroatoms. The Morgan fingerprint density at radius 2 is 2.47 bits per heavy atom. The molecular weight excluding hydrogens is 262 g/mol. The third-order valence-corrected chi connectivity index (χ3v) is 4.59. The van der Waals surface area contributed by atoms with Gasteiger partial charge in [-0.05, 0) is 30.3 Å². The van der Waals surface area contributed by atoms with E-state index in [0.29, 0.717) is 24.2 Å². The number of aromatic nitrogens is 2. The van der Waals surface area contributed by atoms with Crippen LogP contribution < -0.4 is 0 Å². The Kier molecular flexibility index (Phi) is 3.63. The number of nitrogens with zero attached hydrogens (tertiary/aromatic N) is 3. The molecule has 1 aliphatic heterocycles. The lowest BCUT2D eigenvalue weighted by Gasteiger charge is -2.23. The van der Waals surface area contributed by atoms with Gasteiger partial charge >= 0.3 is 0 Å². The lowest BCUT2D eigenvalue weighted by Crippen LogP contribution is -2.34. The maximum absolute atomic E-state index is 9.44. The molecule has 0 radical (unpaired) electrons. The Morgan fingerprint density at radius 1 is 1.58 bits per heavy atom. The van der Waals surface area contributed by atoms with Crippen LogP contribution in [0.25, 0.3) is 10.8 Å². The molecule has 1 saturated heterocycles. The summed E-state index contributed by atoms with van der Waals surface area (Å²) in [6, 6.07) is 4.15. The quantitative estimate of drug-likeness (QED) is 0.927. The summed E-state index contributed by atoms with van der Waals surface area (Å²) in [5.41, 5.74) is 0. The Hall–Kier alpha value is -1.24. The van der Waals surface area contributed by atoms with Crippen LogP contribution >= 0.6 is 11.3 Å². The molecule has 0 aromatic carbocycles. The molecule has 1 aliphatic rings. The van der Waals surface area contributed by atoms with E-state index in [0.717, 1.165) is 17.8 Å². The zero-order valence-corrected chi connectivity index (χ0v) is 11.6. The second kappa shape index (κ2) is 5.40. The number of hydrogen-bond acceptors (Lipinski definition) is 6. The smallest absolute Gasteiger partial charge is 0.268 e. The lowest BCUT2D eigenvalue weighted by molar-refractivity contribution is 0.131. The summed E-state index contributed by atoms with van der Waals surface area (Å²) < 4.78 is 5.28. The van der Waals surface area contributed by atoms with E-state index in [2.05, 4.69) is 22.0 Å². The second-order valence-electron chi connectivity index (χ2n) is 4.98. The summed E-state index contributed by atoms with van der Waals surface area (Å²) in [4.78, 5) is 7.64. The first kappa shape index (κ1) is 12.8. The summed E-state index contributed by atoms with van der Waals surface area (Å²) in [6.07, 6.45) is 1.11. The predicted octanol–water partition coefficient (Wildman–Crippen LogP) is 2.00. The number of rotatable bonds is 4. The zero-order valence-electron chi connectivity index (χ0n) is 10.8. The van der Waals surface area contributed by atoms with Crippen LogP contribution in [0, 0.1) is 5.92 Å². The Labute approximate surface area is 115 Å². The van der Waals surface area contributed by atoms with E-state index in [1.54, 1.807) is 11.3 Å². The van der Waals surface area contributed by atoms with Crippen LogP contribution in [0.4, 0.5) is 0 Å². The first-order valence-corrected chi connectivity index (χ1v) is 7.37. The van der Waals surface area contributed by atoms with E-state index >= 15 is 0 Å². The minimum atomic E-state index is 0.191. The summed E-state index contributed by atoms with van der Waals surface area (Å²) in [7, 11) is 0. The van der Waals surface area contributed by atoms with Crippen molar-refractivity contribution in [2.75, 3.05) is 13.2 Å². The van der Waals surface area contributed by atoms with Crippen molar-refractivity contribution in [2.24, 2.45) is 5.92 Å². The summed E-state index contributed by atoms with van der Waals surface area (Å²) >= 11 is 1.59. The number of aliphatic hydroxyl groups excluding tert-OH is 1. The SMILES string of the molecule is CC1CCN(Cc2noc(-c3cccs3)n2)C1CO. The second-order valence-corrected chi connectivity index (χ2v) is 5.93. The van der Waals surface area contributed by atoms with Gasteiger partial charge in [0.05, 0.1) is 18.0 Å². The monoisotopic (exact) mass is 279 g/mol. The topological polar surface area (TPSA) is 62.4 Å². The molecule has 3 heterocycles. The predicted molar refractivity (Wildman–Crippen MR) is 72.7 cm³/mol. The molecule has 1 N–H and O–H groups in total. The van der Waals surface area contributed by atoms with Crippen molar-refractivity contribution in [2.45, 2.75) is 25.9 Å². The molecule has 0 spiro atoms. The van der Waals surface area contributed by atoms with Crippen molar-refractivity contribution >= 4 is 11.3 Å². The number of likely N-dealkylation sites (tertiary alicyclic amines) is 1. The summed E-state index contributed by atoms with van der Waals surface area (Å²) in [5.74, 6) is 1.79. The molecular formula is C13H17N3O2S. The fraction of sp³-hybridized carbons (Fsp3) is 0.538. The zero-order chi connectivity index (χ0) is 13.2. The van der Waals surface area contributed by atoms with Gasteiger partial charge < -0.3 is 9.63 Å². The van der Waals surface area contributed by atoms with Crippen LogP contribution in [0.5, 0.6) is 0 Å². The number of thiophene rings is 1. The van der Waals surface area contributed by atoms with Crippen LogP contribution in [-0.4, -0.2) is 39.3 Å². The van der Waals surface area contributed by atoms with Gasteiger partial charge in [-0.15, -0.1) is 11.3 Å². The first-order valence-electron chi connectivity index (χ1n) is 6.49. The molecule has 102 valence electrons. The molecule has 1 fully saturated rings. The fourth-order valence-electron chi connectivity index (χ4n) is 2.58. The van der Waals surface area contributed by atoms with Gasteiger partial charge in [-0.1, -0.05) is 18.1 Å². The minimum absolute atomic E-state index is 0.191. The van der Waals surface area contributed by atoms with Crippen molar-refractivity contribution in [3.63, 3.8) is 0 Å². The van der Waals surface area contributed by atoms with E-state index in [1.807, 2.05) is 17.5 Å². The average molecular weight is 279 g/mol. The van der Waals surface area contributed by atoms with Gasteiger partial charge in [-0.25, -0.2) is 0 Å². The van der Waals surface area contributed by atoms with Gasteiger partial charge in [0.15, 0.2) is 5.82 Å². The van der Waals surface area contributed by atoms with Crippen LogP contribution in [-0.2, 0) is 6.54 Å². The van der Waals surface area contributed by atoms with Crippen molar-refractivity contribution in [3.05, 3.63) is 23.3 Å². The minimum Gasteiger partial charge on any atom is -0.395 e. The molecule has 0 aliphatic carbocycles. The van der Waals surface area contributed by atoms with Crippen molar-refractivity contribution in [1.29, 1.82) is 0 Å². The van der Waals surface area contributed by atoms with Crippen molar-refractivity contribution in [3.8, 4) is 10.8 Å². The van der Waals surface area contributed by atoms with Gasteiger partial charge in [0.2, 0.25) is 0 Å². The summed E-state index contributed by atoms with van der Waals surface area (Å²) in [5, 5.41) is 15.5. The molecule has 2 aromatic rings. The Balaban J connectivity index is 1.71. The van der Waals surface area contributed by atoms with E-state index in [4.69, 9.17) is 4.52 Å². The third kappa shape index (κ3) is 2.56. The maximum Gasteiger partial charge on any atom is 0.268 e. The molecule has 0 bridgehead atoms. The summed E-state index contributed by atoms with van der Waals surface area (Å²) in [6.45, 7) is 3.99. The van der Waals surface area contributed by atoms with Crippen LogP contribution in [0.3, 0.4) is 0 Å². The van der Waals surface area contributed by atoms with Gasteiger partial charge in [0.25, 0.3) is 5.89 Å². The Bertz CT molecular complexity index is 526. The van der Waals surface area contributed by atoms with E-state index < -0.39 is 0 Å². The molecule has 2 aromatic heterocycles. The lowest BCUT2D eigenvalue weighted by atomic mass is 10.0. The fourth-order valence-corrected chi connectivity index (χ4v) is 3.22. The van der Waals surface area contributed by atoms with E-state index in [9.17, 15) is 5.11 Å². The highest BCUT2D eigenvalue weighted by molar-refractivity contribution is 7.13. The highest BCUT2D eigenvalue weighted by Gasteiger charge is 2.31. The van der Waals surface area contributed by atoms with Gasteiger partial charge in [0.1, 0.15) is 0 Å². The largest absolute Gasteiger partial charge is 0.395 e. The molecule has 3 rings (SSSR count). The highest BCUT2D eigenvalue weighted by Crippen LogP contribution is 2.26. The van der Waals surface area contributed by atoms with Gasteiger partial charge in [-0.3, -0.25) is 4.90 Å². The van der Waals surface area contributed by atoms with Gasteiger partial charge in [0, 0.05) is 6.04 Å². The van der Waals surface area contributed by atoms with Crippen LogP contribution in [0.15, 0.2) is 22.0 Å². The molecule has 0 amide bonds. The van der Waals surface area contributed by atoms with Crippen LogP contribution in [0.2, 0.25) is 0 Å². The standard InChI is InChI=1S/C13H17N3O2S/c1-9-4-5-16(10(9)8-17)7-12-14-13(18-15-12)11-3-2-6-19-11/h2-3,6,9-10,17H,4-5,7-8H2,1H3. The normalized spacial score (nSPS) is 24.1. The Morgan fingerprint density at radius 3 is 3.21 bits per heavy atom. The number of aliphatic hydroxyl groups is 1. The van der Waals surface area contributed by atoms with Crippen molar-refractivity contribution in [1.82, 2.24) is 15.0 Å². The van der Waals surface area contributed by atoms with E-state index in [1.165, 1.54) is 0 Å². The van der Waals surface area contributed by atoms with Crippen molar-refractivity contribution < 1.29 is 9.63 Å². The molecule has 19 heavy (non-hydrogen) atoms. The van der Waals surface area contributed by atoms with Crippen LogP contribution in [0.1, 0.15) is 19.2 Å². The molecule has 5 nitrogen and oxygen atoms in total. The maximum atomic E-state index is 9.44. The van der Waals surface area contributed by atoms with E-state index in [-0.39, 0.29) is 12.6 Å². The van der Waals surface area contributed by atoms with Gasteiger partial charge in [-0.2, -0.15) is 4.98 Å². The third-order valence-electron chi connectivity index (χ3n) is 3.73. The first-order chi connectivity index (χ1) is 9.28. The average Bonchev–Trinajstić information content (AvgIpc) is 3.11. The number of hydrogen-bond donors (Lipinski definition) is 1. The highest BCUT2D eigenvalue weighted by atomic mass is 32.1.